The first kappa shape index (κ1) is 13.8. The smallest absolute Gasteiger partial charge is 0.249 e. The molecule has 5 heteroatoms. The van der Waals surface area contributed by atoms with Crippen LogP contribution in [0.4, 0.5) is 0 Å². The Hall–Kier alpha value is -2.17. The van der Waals surface area contributed by atoms with Crippen molar-refractivity contribution in [2.24, 2.45) is 5.73 Å². The highest BCUT2D eigenvalue weighted by Crippen LogP contribution is 2.30. The molecular formula is C16H14ClN3O. The van der Waals surface area contributed by atoms with E-state index < -0.39 is 6.04 Å². The van der Waals surface area contributed by atoms with Crippen LogP contribution in [0.3, 0.4) is 0 Å². The van der Waals surface area contributed by atoms with Crippen molar-refractivity contribution in [1.29, 1.82) is 0 Å². The molecule has 0 saturated heterocycles. The molecule has 106 valence electrons. The van der Waals surface area contributed by atoms with Crippen LogP contribution < -0.4 is 5.73 Å². The molecule has 4 nitrogen and oxygen atoms in total. The Morgan fingerprint density at radius 2 is 1.81 bits per heavy atom. The van der Waals surface area contributed by atoms with Gasteiger partial charge in [0.2, 0.25) is 11.8 Å². The van der Waals surface area contributed by atoms with Gasteiger partial charge in [0.05, 0.1) is 10.6 Å². The van der Waals surface area contributed by atoms with Crippen LogP contribution in [0.2, 0.25) is 5.02 Å². The lowest BCUT2D eigenvalue weighted by Gasteiger charge is -2.06. The molecule has 1 unspecified atom stereocenters. The molecule has 3 aromatic rings. The Morgan fingerprint density at radius 1 is 1.05 bits per heavy atom. The van der Waals surface area contributed by atoms with E-state index in [-0.39, 0.29) is 0 Å². The lowest BCUT2D eigenvalue weighted by atomic mass is 10.1. The molecule has 1 heterocycles. The number of aromatic nitrogens is 2. The molecule has 0 aliphatic heterocycles. The molecule has 0 aliphatic rings. The van der Waals surface area contributed by atoms with Gasteiger partial charge in [0.1, 0.15) is 6.04 Å². The molecule has 0 amide bonds. The summed E-state index contributed by atoms with van der Waals surface area (Å²) in [4.78, 5) is 0. The Labute approximate surface area is 127 Å². The molecule has 0 aliphatic carbocycles. The highest BCUT2D eigenvalue weighted by atomic mass is 35.5. The van der Waals surface area contributed by atoms with Crippen LogP contribution in [-0.2, 0) is 0 Å². The van der Waals surface area contributed by atoms with E-state index in [4.69, 9.17) is 21.8 Å². The van der Waals surface area contributed by atoms with Crippen molar-refractivity contribution in [3.8, 4) is 11.5 Å². The highest BCUT2D eigenvalue weighted by Gasteiger charge is 2.18. The van der Waals surface area contributed by atoms with Crippen molar-refractivity contribution in [3.05, 3.63) is 70.6 Å². The third kappa shape index (κ3) is 2.68. The summed E-state index contributed by atoms with van der Waals surface area (Å²) in [6, 6.07) is 14.9. The van der Waals surface area contributed by atoms with Crippen LogP contribution in [0.5, 0.6) is 0 Å². The molecule has 2 aromatic carbocycles. The lowest BCUT2D eigenvalue weighted by molar-refractivity contribution is 0.484. The maximum absolute atomic E-state index is 6.27. The SMILES string of the molecule is Cc1cccc(-c2nnc(C(N)c3ccccc3)o2)c1Cl. The van der Waals surface area contributed by atoms with E-state index in [1.165, 1.54) is 0 Å². The molecular weight excluding hydrogens is 286 g/mol. The molecule has 0 saturated carbocycles. The monoisotopic (exact) mass is 299 g/mol. The zero-order chi connectivity index (χ0) is 14.8. The van der Waals surface area contributed by atoms with Gasteiger partial charge in [0.25, 0.3) is 0 Å². The fourth-order valence-corrected chi connectivity index (χ4v) is 2.29. The van der Waals surface area contributed by atoms with Gasteiger partial charge >= 0.3 is 0 Å². The van der Waals surface area contributed by atoms with Gasteiger partial charge in [0, 0.05) is 0 Å². The number of benzene rings is 2. The Balaban J connectivity index is 1.95. The zero-order valence-corrected chi connectivity index (χ0v) is 12.2. The topological polar surface area (TPSA) is 64.9 Å². The largest absolute Gasteiger partial charge is 0.419 e. The number of halogens is 1. The molecule has 0 radical (unpaired) electrons. The van der Waals surface area contributed by atoms with Gasteiger partial charge in [-0.2, -0.15) is 0 Å². The summed E-state index contributed by atoms with van der Waals surface area (Å²) in [6.07, 6.45) is 0. The second kappa shape index (κ2) is 5.68. The van der Waals surface area contributed by atoms with Crippen LogP contribution >= 0.6 is 11.6 Å². The minimum Gasteiger partial charge on any atom is -0.419 e. The van der Waals surface area contributed by atoms with Crippen molar-refractivity contribution < 1.29 is 4.42 Å². The Morgan fingerprint density at radius 3 is 2.57 bits per heavy atom. The summed E-state index contributed by atoms with van der Waals surface area (Å²) in [5, 5.41) is 8.71. The zero-order valence-electron chi connectivity index (χ0n) is 11.5. The van der Waals surface area contributed by atoms with Crippen LogP contribution in [0.15, 0.2) is 52.9 Å². The van der Waals surface area contributed by atoms with Crippen LogP contribution in [0.25, 0.3) is 11.5 Å². The molecule has 0 spiro atoms. The van der Waals surface area contributed by atoms with Crippen molar-refractivity contribution in [3.63, 3.8) is 0 Å². The van der Waals surface area contributed by atoms with Crippen LogP contribution in [-0.4, -0.2) is 10.2 Å². The maximum atomic E-state index is 6.27. The average molecular weight is 300 g/mol. The van der Waals surface area contributed by atoms with Gasteiger partial charge in [-0.05, 0) is 24.1 Å². The Bertz CT molecular complexity index is 755. The van der Waals surface area contributed by atoms with E-state index in [0.717, 1.165) is 16.7 Å². The predicted octanol–water partition coefficient (Wildman–Crippen LogP) is 3.75. The van der Waals surface area contributed by atoms with Crippen molar-refractivity contribution in [2.45, 2.75) is 13.0 Å². The second-order valence-electron chi connectivity index (χ2n) is 4.77. The van der Waals surface area contributed by atoms with Crippen LogP contribution in [0, 0.1) is 6.92 Å². The fraction of sp³-hybridized carbons (Fsp3) is 0.125. The molecule has 21 heavy (non-hydrogen) atoms. The van der Waals surface area contributed by atoms with E-state index in [2.05, 4.69) is 10.2 Å². The number of rotatable bonds is 3. The average Bonchev–Trinajstić information content (AvgIpc) is 3.00. The first-order valence-corrected chi connectivity index (χ1v) is 6.94. The number of hydrogen-bond acceptors (Lipinski definition) is 4. The molecule has 0 fully saturated rings. The van der Waals surface area contributed by atoms with Gasteiger partial charge in [-0.25, -0.2) is 0 Å². The number of nitrogens with zero attached hydrogens (tertiary/aromatic N) is 2. The molecule has 1 atom stereocenters. The molecule has 2 N–H and O–H groups in total. The summed E-state index contributed by atoms with van der Waals surface area (Å²) >= 11 is 6.27. The first-order valence-electron chi connectivity index (χ1n) is 6.56. The minimum absolute atomic E-state index is 0.369. The van der Waals surface area contributed by atoms with E-state index in [1.54, 1.807) is 0 Å². The third-order valence-corrected chi connectivity index (χ3v) is 3.79. The summed E-state index contributed by atoms with van der Waals surface area (Å²) in [6.45, 7) is 1.93. The third-order valence-electron chi connectivity index (χ3n) is 3.29. The summed E-state index contributed by atoms with van der Waals surface area (Å²) in [5.41, 5.74) is 8.74. The van der Waals surface area contributed by atoms with Gasteiger partial charge in [-0.3, -0.25) is 0 Å². The lowest BCUT2D eigenvalue weighted by Crippen LogP contribution is -2.11. The maximum Gasteiger partial charge on any atom is 0.249 e. The summed E-state index contributed by atoms with van der Waals surface area (Å²) in [5.74, 6) is 0.749. The minimum atomic E-state index is -0.448. The number of aryl methyl sites for hydroxylation is 1. The van der Waals surface area contributed by atoms with Gasteiger partial charge < -0.3 is 10.2 Å². The summed E-state index contributed by atoms with van der Waals surface area (Å²) < 4.78 is 5.69. The van der Waals surface area contributed by atoms with E-state index in [0.29, 0.717) is 16.8 Å². The van der Waals surface area contributed by atoms with Gasteiger partial charge in [0.15, 0.2) is 0 Å². The normalized spacial score (nSPS) is 12.3. The fourth-order valence-electron chi connectivity index (χ4n) is 2.08. The molecule has 3 rings (SSSR count). The molecule has 1 aromatic heterocycles. The quantitative estimate of drug-likeness (QED) is 0.800. The van der Waals surface area contributed by atoms with Gasteiger partial charge in [-0.15, -0.1) is 10.2 Å². The molecule has 0 bridgehead atoms. The predicted molar refractivity (Wildman–Crippen MR) is 82.0 cm³/mol. The van der Waals surface area contributed by atoms with Crippen molar-refractivity contribution in [2.75, 3.05) is 0 Å². The standard InChI is InChI=1S/C16H14ClN3O/c1-10-6-5-9-12(13(10)17)15-19-20-16(21-15)14(18)11-7-3-2-4-8-11/h2-9,14H,18H2,1H3. The first-order chi connectivity index (χ1) is 10.2. The van der Waals surface area contributed by atoms with Crippen molar-refractivity contribution in [1.82, 2.24) is 10.2 Å². The highest BCUT2D eigenvalue weighted by molar-refractivity contribution is 6.33. The van der Waals surface area contributed by atoms with Gasteiger partial charge in [-0.1, -0.05) is 54.1 Å². The second-order valence-corrected chi connectivity index (χ2v) is 5.15. The number of hydrogen-bond donors (Lipinski definition) is 1. The summed E-state index contributed by atoms with van der Waals surface area (Å²) in [7, 11) is 0. The van der Waals surface area contributed by atoms with E-state index in [1.807, 2.05) is 55.5 Å². The van der Waals surface area contributed by atoms with Crippen molar-refractivity contribution >= 4 is 11.6 Å². The van der Waals surface area contributed by atoms with E-state index >= 15 is 0 Å². The van der Waals surface area contributed by atoms with Crippen LogP contribution in [0.1, 0.15) is 23.1 Å². The van der Waals surface area contributed by atoms with E-state index in [9.17, 15) is 0 Å². The number of nitrogens with two attached hydrogens (primary N) is 1. The Kier molecular flexibility index (Phi) is 3.73.